The van der Waals surface area contributed by atoms with E-state index in [9.17, 15) is 5.11 Å². The van der Waals surface area contributed by atoms with Crippen LogP contribution >= 0.6 is 0 Å². The highest BCUT2D eigenvalue weighted by molar-refractivity contribution is 4.77. The first-order valence-electron chi connectivity index (χ1n) is 6.17. The number of nitrogens with zero attached hydrogens (tertiary/aromatic N) is 1. The molecule has 1 saturated carbocycles. The van der Waals surface area contributed by atoms with Gasteiger partial charge in [0.1, 0.15) is 0 Å². The van der Waals surface area contributed by atoms with Gasteiger partial charge in [-0.1, -0.05) is 19.8 Å². The summed E-state index contributed by atoms with van der Waals surface area (Å²) in [6.07, 6.45) is 4.58. The second-order valence-corrected chi connectivity index (χ2v) is 4.50. The molecule has 1 aliphatic carbocycles. The highest BCUT2D eigenvalue weighted by atomic mass is 16.5. The summed E-state index contributed by atoms with van der Waals surface area (Å²) in [5.74, 6) is 0.482. The van der Waals surface area contributed by atoms with Crippen molar-refractivity contribution < 1.29 is 9.84 Å². The topological polar surface area (TPSA) is 32.7 Å². The van der Waals surface area contributed by atoms with Crippen molar-refractivity contribution in [3.8, 4) is 0 Å². The van der Waals surface area contributed by atoms with E-state index in [2.05, 4.69) is 11.8 Å². The van der Waals surface area contributed by atoms with Gasteiger partial charge in [0, 0.05) is 20.2 Å². The monoisotopic (exact) mass is 215 g/mol. The Balaban J connectivity index is 2.29. The maximum atomic E-state index is 9.88. The molecule has 3 nitrogen and oxygen atoms in total. The first kappa shape index (κ1) is 12.9. The smallest absolute Gasteiger partial charge is 0.0589 e. The van der Waals surface area contributed by atoms with Crippen molar-refractivity contribution in [2.45, 2.75) is 38.7 Å². The maximum absolute atomic E-state index is 9.88. The van der Waals surface area contributed by atoms with Crippen LogP contribution in [0, 0.1) is 5.92 Å². The van der Waals surface area contributed by atoms with Crippen LogP contribution in [0.5, 0.6) is 0 Å². The Hall–Kier alpha value is -0.120. The molecule has 0 aromatic heterocycles. The molecule has 0 spiro atoms. The summed E-state index contributed by atoms with van der Waals surface area (Å²) in [7, 11) is 1.74. The highest BCUT2D eigenvalue weighted by Crippen LogP contribution is 2.24. The Labute approximate surface area is 93.4 Å². The minimum atomic E-state index is -0.0738. The number of ether oxygens (including phenoxy) is 1. The van der Waals surface area contributed by atoms with Gasteiger partial charge in [0.15, 0.2) is 0 Å². The Bertz CT molecular complexity index is 164. The van der Waals surface area contributed by atoms with Gasteiger partial charge in [-0.05, 0) is 25.3 Å². The normalized spacial score (nSPS) is 27.2. The van der Waals surface area contributed by atoms with Crippen molar-refractivity contribution in [1.29, 1.82) is 0 Å². The molecule has 15 heavy (non-hydrogen) atoms. The van der Waals surface area contributed by atoms with E-state index in [0.717, 1.165) is 32.7 Å². The molecule has 0 aromatic carbocycles. The average Bonchev–Trinajstić information content (AvgIpc) is 2.26. The molecule has 2 unspecified atom stereocenters. The molecule has 0 bridgehead atoms. The fourth-order valence-corrected chi connectivity index (χ4v) is 2.33. The molecule has 0 saturated heterocycles. The van der Waals surface area contributed by atoms with Crippen LogP contribution in [0.1, 0.15) is 32.6 Å². The minimum absolute atomic E-state index is 0.0738. The molecule has 1 N–H and O–H groups in total. The zero-order valence-electron chi connectivity index (χ0n) is 10.1. The van der Waals surface area contributed by atoms with Crippen LogP contribution in [0.15, 0.2) is 0 Å². The lowest BCUT2D eigenvalue weighted by Crippen LogP contribution is -2.38. The van der Waals surface area contributed by atoms with Gasteiger partial charge < -0.3 is 14.7 Å². The number of rotatable bonds is 6. The Morgan fingerprint density at radius 3 is 2.67 bits per heavy atom. The molecule has 90 valence electrons. The van der Waals surface area contributed by atoms with E-state index in [1.807, 2.05) is 0 Å². The van der Waals surface area contributed by atoms with Crippen molar-refractivity contribution in [1.82, 2.24) is 4.90 Å². The maximum Gasteiger partial charge on any atom is 0.0589 e. The predicted molar refractivity (Wildman–Crippen MR) is 62.0 cm³/mol. The van der Waals surface area contributed by atoms with E-state index in [-0.39, 0.29) is 6.10 Å². The standard InChI is InChI=1S/C12H25NO2/c1-3-13(8-9-15-2)10-11-6-4-5-7-12(11)14/h11-12,14H,3-10H2,1-2H3. The molecular formula is C12H25NO2. The van der Waals surface area contributed by atoms with Crippen molar-refractivity contribution in [3.63, 3.8) is 0 Å². The number of methoxy groups -OCH3 is 1. The molecule has 3 heteroatoms. The van der Waals surface area contributed by atoms with Crippen molar-refractivity contribution in [3.05, 3.63) is 0 Å². The summed E-state index contributed by atoms with van der Waals surface area (Å²) in [5.41, 5.74) is 0. The zero-order valence-corrected chi connectivity index (χ0v) is 10.1. The third-order valence-corrected chi connectivity index (χ3v) is 3.42. The quantitative estimate of drug-likeness (QED) is 0.729. The van der Waals surface area contributed by atoms with Crippen LogP contribution in [0.4, 0.5) is 0 Å². The summed E-state index contributed by atoms with van der Waals surface area (Å²) in [6, 6.07) is 0. The number of aliphatic hydroxyl groups excluding tert-OH is 1. The van der Waals surface area contributed by atoms with E-state index in [1.54, 1.807) is 7.11 Å². The van der Waals surface area contributed by atoms with E-state index in [0.29, 0.717) is 5.92 Å². The van der Waals surface area contributed by atoms with Gasteiger partial charge in [0.2, 0.25) is 0 Å². The summed E-state index contributed by atoms with van der Waals surface area (Å²) in [4.78, 5) is 2.38. The van der Waals surface area contributed by atoms with Gasteiger partial charge in [0.25, 0.3) is 0 Å². The molecule has 0 radical (unpaired) electrons. The number of hydrogen-bond donors (Lipinski definition) is 1. The first-order valence-corrected chi connectivity index (χ1v) is 6.17. The molecule has 1 rings (SSSR count). The van der Waals surface area contributed by atoms with E-state index in [4.69, 9.17) is 4.74 Å². The number of aliphatic hydroxyl groups is 1. The Kier molecular flexibility index (Phi) is 6.22. The van der Waals surface area contributed by atoms with Crippen LogP contribution in [0.2, 0.25) is 0 Å². The van der Waals surface area contributed by atoms with Crippen LogP contribution in [-0.2, 0) is 4.74 Å². The minimum Gasteiger partial charge on any atom is -0.393 e. The third-order valence-electron chi connectivity index (χ3n) is 3.42. The van der Waals surface area contributed by atoms with Gasteiger partial charge >= 0.3 is 0 Å². The molecule has 0 heterocycles. The van der Waals surface area contributed by atoms with Crippen molar-refractivity contribution in [2.75, 3.05) is 33.4 Å². The highest BCUT2D eigenvalue weighted by Gasteiger charge is 2.24. The van der Waals surface area contributed by atoms with Crippen molar-refractivity contribution >= 4 is 0 Å². The average molecular weight is 215 g/mol. The van der Waals surface area contributed by atoms with Gasteiger partial charge in [0.05, 0.1) is 12.7 Å². The van der Waals surface area contributed by atoms with E-state index < -0.39 is 0 Å². The number of hydrogen-bond acceptors (Lipinski definition) is 3. The van der Waals surface area contributed by atoms with Crippen LogP contribution in [-0.4, -0.2) is 49.5 Å². The number of likely N-dealkylation sites (N-methyl/N-ethyl adjacent to an activating group) is 1. The van der Waals surface area contributed by atoms with Crippen LogP contribution < -0.4 is 0 Å². The van der Waals surface area contributed by atoms with Crippen LogP contribution in [0.3, 0.4) is 0 Å². The molecule has 0 amide bonds. The fraction of sp³-hybridized carbons (Fsp3) is 1.00. The first-order chi connectivity index (χ1) is 7.27. The summed E-state index contributed by atoms with van der Waals surface area (Å²) in [5, 5.41) is 9.88. The predicted octanol–water partition coefficient (Wildman–Crippen LogP) is 1.51. The second kappa shape index (κ2) is 7.20. The van der Waals surface area contributed by atoms with Gasteiger partial charge in [-0.3, -0.25) is 0 Å². The lowest BCUT2D eigenvalue weighted by molar-refractivity contribution is 0.0415. The van der Waals surface area contributed by atoms with E-state index in [1.165, 1.54) is 19.3 Å². The zero-order chi connectivity index (χ0) is 11.1. The van der Waals surface area contributed by atoms with Gasteiger partial charge in [-0.25, -0.2) is 0 Å². The molecular weight excluding hydrogens is 190 g/mol. The van der Waals surface area contributed by atoms with Gasteiger partial charge in [-0.15, -0.1) is 0 Å². The Morgan fingerprint density at radius 2 is 2.07 bits per heavy atom. The van der Waals surface area contributed by atoms with Crippen molar-refractivity contribution in [2.24, 2.45) is 5.92 Å². The lowest BCUT2D eigenvalue weighted by atomic mass is 9.86. The summed E-state index contributed by atoms with van der Waals surface area (Å²) < 4.78 is 5.09. The SMILES string of the molecule is CCN(CCOC)CC1CCCCC1O. The largest absolute Gasteiger partial charge is 0.393 e. The lowest BCUT2D eigenvalue weighted by Gasteiger charge is -2.32. The fourth-order valence-electron chi connectivity index (χ4n) is 2.33. The Morgan fingerprint density at radius 1 is 1.33 bits per heavy atom. The summed E-state index contributed by atoms with van der Waals surface area (Å²) in [6.45, 7) is 6.02. The third kappa shape index (κ3) is 4.49. The second-order valence-electron chi connectivity index (χ2n) is 4.50. The van der Waals surface area contributed by atoms with E-state index >= 15 is 0 Å². The molecule has 2 atom stereocenters. The molecule has 0 aromatic rings. The van der Waals surface area contributed by atoms with Gasteiger partial charge in [-0.2, -0.15) is 0 Å². The molecule has 1 aliphatic rings. The molecule has 0 aliphatic heterocycles. The van der Waals surface area contributed by atoms with Crippen LogP contribution in [0.25, 0.3) is 0 Å². The summed E-state index contributed by atoms with van der Waals surface area (Å²) >= 11 is 0. The molecule has 1 fully saturated rings.